The van der Waals surface area contributed by atoms with Crippen LogP contribution in [0.2, 0.25) is 13.1 Å². The van der Waals surface area contributed by atoms with Crippen LogP contribution in [0.5, 0.6) is 0 Å². The maximum Gasteiger partial charge on any atom is 0.235 e. The molecule has 0 aromatic rings. The van der Waals surface area contributed by atoms with Gasteiger partial charge in [0.2, 0.25) is 5.91 Å². The van der Waals surface area contributed by atoms with Gasteiger partial charge in [0.25, 0.3) is 0 Å². The van der Waals surface area contributed by atoms with Crippen molar-refractivity contribution < 1.29 is 4.79 Å². The quantitative estimate of drug-likeness (QED) is 0.485. The Labute approximate surface area is 69.1 Å². The number of rotatable bonds is 0. The molecular weight excluding hydrogens is 156 g/mol. The van der Waals surface area contributed by atoms with Crippen LogP contribution >= 0.6 is 0 Å². The van der Waals surface area contributed by atoms with E-state index in [0.717, 1.165) is 6.17 Å². The molecule has 1 aliphatic heterocycles. The SMILES string of the molecule is CN1C[Si](C)(C)N(C)CC1=O. The van der Waals surface area contributed by atoms with Crippen molar-refractivity contribution in [2.75, 3.05) is 26.8 Å². The Morgan fingerprint density at radius 1 is 1.36 bits per heavy atom. The Morgan fingerprint density at radius 2 is 1.91 bits per heavy atom. The Morgan fingerprint density at radius 3 is 2.36 bits per heavy atom. The van der Waals surface area contributed by atoms with E-state index in [9.17, 15) is 4.79 Å². The zero-order valence-corrected chi connectivity index (χ0v) is 8.72. The molecule has 0 spiro atoms. The van der Waals surface area contributed by atoms with Crippen molar-refractivity contribution in [3.05, 3.63) is 0 Å². The lowest BCUT2D eigenvalue weighted by Gasteiger charge is -2.41. The molecule has 11 heavy (non-hydrogen) atoms. The standard InChI is InChI=1S/C7H16N2OSi/c1-8-6-11(3,4)9(2)5-7(8)10/h5-6H2,1-4H3. The molecule has 0 aromatic carbocycles. The second-order valence-corrected chi connectivity index (χ2v) is 8.62. The van der Waals surface area contributed by atoms with E-state index in [1.54, 1.807) is 0 Å². The molecule has 0 N–H and O–H groups in total. The van der Waals surface area contributed by atoms with Crippen molar-refractivity contribution in [3.63, 3.8) is 0 Å². The Kier molecular flexibility index (Phi) is 2.07. The summed E-state index contributed by atoms with van der Waals surface area (Å²) in [5.74, 6) is 0.249. The molecule has 0 bridgehead atoms. The zero-order chi connectivity index (χ0) is 8.65. The molecule has 0 saturated carbocycles. The van der Waals surface area contributed by atoms with Gasteiger partial charge in [0.15, 0.2) is 0 Å². The van der Waals surface area contributed by atoms with Crippen LogP contribution in [-0.2, 0) is 4.79 Å². The van der Waals surface area contributed by atoms with E-state index in [4.69, 9.17) is 0 Å². The second kappa shape index (κ2) is 2.60. The molecule has 1 amide bonds. The normalized spacial score (nSPS) is 25.8. The fourth-order valence-electron chi connectivity index (χ4n) is 1.33. The highest BCUT2D eigenvalue weighted by atomic mass is 28.3. The highest BCUT2D eigenvalue weighted by molar-refractivity contribution is 6.75. The lowest BCUT2D eigenvalue weighted by molar-refractivity contribution is -0.130. The Hall–Kier alpha value is -0.353. The van der Waals surface area contributed by atoms with Gasteiger partial charge in [-0.2, -0.15) is 0 Å². The summed E-state index contributed by atoms with van der Waals surface area (Å²) in [5, 5.41) is 0. The highest BCUT2D eigenvalue weighted by Gasteiger charge is 2.35. The molecule has 3 nitrogen and oxygen atoms in total. The molecule has 0 aromatic heterocycles. The van der Waals surface area contributed by atoms with Crippen LogP contribution in [-0.4, -0.2) is 50.4 Å². The van der Waals surface area contributed by atoms with E-state index in [2.05, 4.69) is 24.7 Å². The lowest BCUT2D eigenvalue weighted by Crippen LogP contribution is -2.62. The van der Waals surface area contributed by atoms with Crippen LogP contribution in [0.25, 0.3) is 0 Å². The molecule has 1 fully saturated rings. The Balaban J connectivity index is 2.70. The van der Waals surface area contributed by atoms with Gasteiger partial charge >= 0.3 is 0 Å². The zero-order valence-electron chi connectivity index (χ0n) is 7.72. The van der Waals surface area contributed by atoms with Crippen molar-refractivity contribution >= 4 is 14.1 Å². The maximum atomic E-state index is 11.2. The average Bonchev–Trinajstić information content (AvgIpc) is 1.83. The van der Waals surface area contributed by atoms with Crippen LogP contribution in [0.1, 0.15) is 0 Å². The molecule has 0 radical (unpaired) electrons. The molecule has 0 unspecified atom stereocenters. The number of carbonyl (C=O) groups is 1. The molecule has 0 atom stereocenters. The first-order valence-electron chi connectivity index (χ1n) is 3.89. The number of hydrogen-bond donors (Lipinski definition) is 0. The van der Waals surface area contributed by atoms with Gasteiger partial charge in [-0.25, -0.2) is 0 Å². The minimum Gasteiger partial charge on any atom is -0.346 e. The molecule has 1 aliphatic rings. The summed E-state index contributed by atoms with van der Waals surface area (Å²) in [5.41, 5.74) is 0. The van der Waals surface area contributed by atoms with Crippen LogP contribution < -0.4 is 0 Å². The van der Waals surface area contributed by atoms with Crippen molar-refractivity contribution in [2.24, 2.45) is 0 Å². The van der Waals surface area contributed by atoms with Crippen molar-refractivity contribution in [1.29, 1.82) is 0 Å². The van der Waals surface area contributed by atoms with Gasteiger partial charge in [-0.05, 0) is 7.05 Å². The van der Waals surface area contributed by atoms with E-state index in [0.29, 0.717) is 6.54 Å². The summed E-state index contributed by atoms with van der Waals surface area (Å²) in [6.07, 6.45) is 0.961. The molecule has 1 heterocycles. The number of nitrogens with zero attached hydrogens (tertiary/aromatic N) is 2. The van der Waals surface area contributed by atoms with E-state index >= 15 is 0 Å². The van der Waals surface area contributed by atoms with E-state index in [-0.39, 0.29) is 5.91 Å². The number of carbonyl (C=O) groups excluding carboxylic acids is 1. The van der Waals surface area contributed by atoms with Gasteiger partial charge in [-0.1, -0.05) is 13.1 Å². The van der Waals surface area contributed by atoms with Gasteiger partial charge < -0.3 is 9.47 Å². The number of hydrogen-bond acceptors (Lipinski definition) is 2. The molecular formula is C7H16N2OSi. The van der Waals surface area contributed by atoms with Crippen LogP contribution in [0.3, 0.4) is 0 Å². The molecule has 64 valence electrons. The van der Waals surface area contributed by atoms with Gasteiger partial charge in [0, 0.05) is 13.2 Å². The van der Waals surface area contributed by atoms with Crippen LogP contribution in [0.15, 0.2) is 0 Å². The first-order chi connectivity index (χ1) is 4.93. The van der Waals surface area contributed by atoms with Crippen molar-refractivity contribution in [1.82, 2.24) is 9.47 Å². The fraction of sp³-hybridized carbons (Fsp3) is 0.857. The largest absolute Gasteiger partial charge is 0.346 e. The molecule has 0 aliphatic carbocycles. The highest BCUT2D eigenvalue weighted by Crippen LogP contribution is 2.13. The fourth-order valence-corrected chi connectivity index (χ4v) is 3.47. The molecule has 1 rings (SSSR count). The van der Waals surface area contributed by atoms with E-state index in [1.165, 1.54) is 0 Å². The smallest absolute Gasteiger partial charge is 0.235 e. The molecule has 4 heteroatoms. The Bertz CT molecular complexity index is 181. The third-order valence-electron chi connectivity index (χ3n) is 2.46. The topological polar surface area (TPSA) is 23.6 Å². The summed E-state index contributed by atoms with van der Waals surface area (Å²) in [6, 6.07) is 0. The predicted octanol–water partition coefficient (Wildman–Crippen LogP) is 0.134. The van der Waals surface area contributed by atoms with E-state index in [1.807, 2.05) is 11.9 Å². The first-order valence-corrected chi connectivity index (χ1v) is 7.04. The van der Waals surface area contributed by atoms with Crippen LogP contribution in [0, 0.1) is 0 Å². The third kappa shape index (κ3) is 1.62. The van der Waals surface area contributed by atoms with Gasteiger partial charge in [-0.3, -0.25) is 4.79 Å². The third-order valence-corrected chi connectivity index (χ3v) is 5.93. The minimum atomic E-state index is -1.26. The average molecular weight is 172 g/mol. The predicted molar refractivity (Wildman–Crippen MR) is 47.7 cm³/mol. The summed E-state index contributed by atoms with van der Waals surface area (Å²) >= 11 is 0. The van der Waals surface area contributed by atoms with Gasteiger partial charge in [0.1, 0.15) is 8.24 Å². The van der Waals surface area contributed by atoms with Gasteiger partial charge in [-0.15, -0.1) is 0 Å². The molecule has 1 saturated heterocycles. The first kappa shape index (κ1) is 8.74. The number of amides is 1. The van der Waals surface area contributed by atoms with Crippen molar-refractivity contribution in [2.45, 2.75) is 13.1 Å². The summed E-state index contributed by atoms with van der Waals surface area (Å²) in [7, 11) is 2.69. The van der Waals surface area contributed by atoms with Crippen molar-refractivity contribution in [3.8, 4) is 0 Å². The second-order valence-electron chi connectivity index (χ2n) is 3.92. The summed E-state index contributed by atoms with van der Waals surface area (Å²) < 4.78 is 2.23. The summed E-state index contributed by atoms with van der Waals surface area (Å²) in [4.78, 5) is 13.1. The van der Waals surface area contributed by atoms with Gasteiger partial charge in [0.05, 0.1) is 6.54 Å². The lowest BCUT2D eigenvalue weighted by atomic mass is 10.5. The van der Waals surface area contributed by atoms with Crippen LogP contribution in [0.4, 0.5) is 0 Å². The van der Waals surface area contributed by atoms with E-state index < -0.39 is 8.24 Å². The maximum absolute atomic E-state index is 11.2. The number of likely N-dealkylation sites (N-methyl/N-ethyl adjacent to an activating group) is 2. The monoisotopic (exact) mass is 172 g/mol. The minimum absolute atomic E-state index is 0.249. The summed E-state index contributed by atoms with van der Waals surface area (Å²) in [6.45, 7) is 5.18.